The van der Waals surface area contributed by atoms with Gasteiger partial charge in [0.25, 0.3) is 0 Å². The molecule has 1 aliphatic rings. The van der Waals surface area contributed by atoms with Gasteiger partial charge in [-0.2, -0.15) is 0 Å². The number of carbonyl (C=O) groups is 1. The Balaban J connectivity index is 1.84. The average molecular weight is 262 g/mol. The standard InChI is InChI=1S/C15H22N2O2/c1-11(13-8-16-9-13)15(18)17-10-14(19-2)12-6-4-3-5-7-12/h3-7,11,13-14,16H,8-10H2,1-2H3,(H,17,18). The molecule has 4 heteroatoms. The van der Waals surface area contributed by atoms with Crippen LogP contribution in [-0.2, 0) is 9.53 Å². The van der Waals surface area contributed by atoms with Gasteiger partial charge in [0, 0.05) is 19.6 Å². The summed E-state index contributed by atoms with van der Waals surface area (Å²) in [5.41, 5.74) is 1.09. The van der Waals surface area contributed by atoms with Crippen LogP contribution in [0.3, 0.4) is 0 Å². The van der Waals surface area contributed by atoms with Gasteiger partial charge >= 0.3 is 0 Å². The van der Waals surface area contributed by atoms with Crippen molar-refractivity contribution in [2.75, 3.05) is 26.7 Å². The molecule has 1 heterocycles. The van der Waals surface area contributed by atoms with Crippen LogP contribution < -0.4 is 10.6 Å². The van der Waals surface area contributed by atoms with Gasteiger partial charge in [-0.15, -0.1) is 0 Å². The molecular weight excluding hydrogens is 240 g/mol. The molecule has 1 aromatic rings. The van der Waals surface area contributed by atoms with E-state index in [4.69, 9.17) is 4.74 Å². The Hall–Kier alpha value is -1.39. The highest BCUT2D eigenvalue weighted by atomic mass is 16.5. The summed E-state index contributed by atoms with van der Waals surface area (Å²) in [6.45, 7) is 4.40. The lowest BCUT2D eigenvalue weighted by molar-refractivity contribution is -0.127. The van der Waals surface area contributed by atoms with Gasteiger partial charge < -0.3 is 15.4 Å². The molecule has 1 amide bonds. The molecule has 104 valence electrons. The van der Waals surface area contributed by atoms with Gasteiger partial charge in [0.2, 0.25) is 5.91 Å². The van der Waals surface area contributed by atoms with Crippen molar-refractivity contribution in [2.45, 2.75) is 13.0 Å². The van der Waals surface area contributed by atoms with Crippen LogP contribution in [0, 0.1) is 11.8 Å². The number of hydrogen-bond donors (Lipinski definition) is 2. The fourth-order valence-electron chi connectivity index (χ4n) is 2.24. The number of hydrogen-bond acceptors (Lipinski definition) is 3. The van der Waals surface area contributed by atoms with Crippen molar-refractivity contribution in [3.05, 3.63) is 35.9 Å². The topological polar surface area (TPSA) is 50.4 Å². The Morgan fingerprint density at radius 2 is 2.11 bits per heavy atom. The minimum atomic E-state index is -0.0862. The Bertz CT molecular complexity index is 404. The van der Waals surface area contributed by atoms with E-state index in [9.17, 15) is 4.79 Å². The zero-order valence-electron chi connectivity index (χ0n) is 11.6. The van der Waals surface area contributed by atoms with E-state index in [1.54, 1.807) is 7.11 Å². The number of amides is 1. The first-order chi connectivity index (χ1) is 9.22. The third-order valence-electron chi connectivity index (χ3n) is 3.85. The predicted molar refractivity (Wildman–Crippen MR) is 74.7 cm³/mol. The number of benzene rings is 1. The van der Waals surface area contributed by atoms with E-state index in [-0.39, 0.29) is 17.9 Å². The number of rotatable bonds is 6. The monoisotopic (exact) mass is 262 g/mol. The van der Waals surface area contributed by atoms with Crippen molar-refractivity contribution in [2.24, 2.45) is 11.8 Å². The SMILES string of the molecule is COC(CNC(=O)C(C)C1CNC1)c1ccccc1. The summed E-state index contributed by atoms with van der Waals surface area (Å²) < 4.78 is 5.44. The van der Waals surface area contributed by atoms with Crippen LogP contribution in [0.5, 0.6) is 0 Å². The fourth-order valence-corrected chi connectivity index (χ4v) is 2.24. The zero-order chi connectivity index (χ0) is 13.7. The van der Waals surface area contributed by atoms with Crippen molar-refractivity contribution in [3.63, 3.8) is 0 Å². The largest absolute Gasteiger partial charge is 0.375 e. The second kappa shape index (κ2) is 6.68. The van der Waals surface area contributed by atoms with E-state index in [1.165, 1.54) is 0 Å². The van der Waals surface area contributed by atoms with Gasteiger partial charge in [0.1, 0.15) is 0 Å². The van der Waals surface area contributed by atoms with Gasteiger partial charge in [0.15, 0.2) is 0 Å². The molecule has 2 N–H and O–H groups in total. The Kier molecular flexibility index (Phi) is 4.93. The maximum atomic E-state index is 12.0. The summed E-state index contributed by atoms with van der Waals surface area (Å²) in [5.74, 6) is 0.650. The third kappa shape index (κ3) is 3.55. The Morgan fingerprint density at radius 3 is 2.63 bits per heavy atom. The second-order valence-corrected chi connectivity index (χ2v) is 5.09. The molecule has 0 aromatic heterocycles. The highest BCUT2D eigenvalue weighted by Crippen LogP contribution is 2.18. The molecule has 19 heavy (non-hydrogen) atoms. The highest BCUT2D eigenvalue weighted by molar-refractivity contribution is 5.78. The molecule has 0 saturated carbocycles. The lowest BCUT2D eigenvalue weighted by Crippen LogP contribution is -2.50. The molecule has 0 aliphatic carbocycles. The quantitative estimate of drug-likeness (QED) is 0.813. The normalized spacial score (nSPS) is 18.4. The molecule has 1 saturated heterocycles. The minimum absolute atomic E-state index is 0.0644. The summed E-state index contributed by atoms with van der Waals surface area (Å²) in [6, 6.07) is 9.96. The number of ether oxygens (including phenoxy) is 1. The molecular formula is C15H22N2O2. The van der Waals surface area contributed by atoms with Crippen molar-refractivity contribution >= 4 is 5.91 Å². The van der Waals surface area contributed by atoms with Crippen LogP contribution in [0.15, 0.2) is 30.3 Å². The summed E-state index contributed by atoms with van der Waals surface area (Å²) in [5, 5.41) is 6.18. The average Bonchev–Trinajstić information content (AvgIpc) is 2.38. The van der Waals surface area contributed by atoms with Gasteiger partial charge in [0.05, 0.1) is 6.10 Å². The molecule has 1 fully saturated rings. The first kappa shape index (κ1) is 14.0. The van der Waals surface area contributed by atoms with Crippen LogP contribution in [0.4, 0.5) is 0 Å². The van der Waals surface area contributed by atoms with E-state index in [0.29, 0.717) is 12.5 Å². The number of methoxy groups -OCH3 is 1. The van der Waals surface area contributed by atoms with E-state index >= 15 is 0 Å². The zero-order valence-corrected chi connectivity index (χ0v) is 11.6. The second-order valence-electron chi connectivity index (χ2n) is 5.09. The van der Waals surface area contributed by atoms with E-state index in [0.717, 1.165) is 18.7 Å². The van der Waals surface area contributed by atoms with Gasteiger partial charge in [-0.05, 0) is 24.6 Å². The molecule has 0 bridgehead atoms. The van der Waals surface area contributed by atoms with Gasteiger partial charge in [-0.1, -0.05) is 37.3 Å². The third-order valence-corrected chi connectivity index (χ3v) is 3.85. The summed E-state index contributed by atoms with van der Waals surface area (Å²) in [6.07, 6.45) is -0.0862. The number of nitrogens with one attached hydrogen (secondary N) is 2. The van der Waals surface area contributed by atoms with E-state index in [2.05, 4.69) is 10.6 Å². The first-order valence-corrected chi connectivity index (χ1v) is 6.78. The maximum Gasteiger partial charge on any atom is 0.223 e. The van der Waals surface area contributed by atoms with Gasteiger partial charge in [-0.25, -0.2) is 0 Å². The van der Waals surface area contributed by atoms with E-state index in [1.807, 2.05) is 37.3 Å². The Morgan fingerprint density at radius 1 is 1.42 bits per heavy atom. The molecule has 4 nitrogen and oxygen atoms in total. The van der Waals surface area contributed by atoms with Crippen LogP contribution in [0.2, 0.25) is 0 Å². The van der Waals surface area contributed by atoms with Crippen LogP contribution >= 0.6 is 0 Å². The van der Waals surface area contributed by atoms with Crippen molar-refractivity contribution in [3.8, 4) is 0 Å². The summed E-state index contributed by atoms with van der Waals surface area (Å²) >= 11 is 0. The minimum Gasteiger partial charge on any atom is -0.375 e. The summed E-state index contributed by atoms with van der Waals surface area (Å²) in [7, 11) is 1.67. The number of carbonyl (C=O) groups excluding carboxylic acids is 1. The molecule has 2 rings (SSSR count). The molecule has 1 aliphatic heterocycles. The maximum absolute atomic E-state index is 12.0. The molecule has 2 atom stereocenters. The lowest BCUT2D eigenvalue weighted by Gasteiger charge is -2.32. The predicted octanol–water partition coefficient (Wildman–Crippen LogP) is 1.35. The molecule has 2 unspecified atom stereocenters. The van der Waals surface area contributed by atoms with Gasteiger partial charge in [-0.3, -0.25) is 4.79 Å². The molecule has 0 spiro atoms. The smallest absolute Gasteiger partial charge is 0.223 e. The van der Waals surface area contributed by atoms with Crippen molar-refractivity contribution in [1.29, 1.82) is 0 Å². The van der Waals surface area contributed by atoms with Crippen molar-refractivity contribution in [1.82, 2.24) is 10.6 Å². The van der Waals surface area contributed by atoms with E-state index < -0.39 is 0 Å². The van der Waals surface area contributed by atoms with Crippen LogP contribution in [-0.4, -0.2) is 32.7 Å². The molecule has 1 aromatic carbocycles. The Labute approximate surface area is 114 Å². The lowest BCUT2D eigenvalue weighted by atomic mass is 9.88. The summed E-state index contributed by atoms with van der Waals surface area (Å²) in [4.78, 5) is 12.0. The van der Waals surface area contributed by atoms with Crippen LogP contribution in [0.1, 0.15) is 18.6 Å². The van der Waals surface area contributed by atoms with Crippen molar-refractivity contribution < 1.29 is 9.53 Å². The van der Waals surface area contributed by atoms with Crippen LogP contribution in [0.25, 0.3) is 0 Å². The first-order valence-electron chi connectivity index (χ1n) is 6.78. The molecule has 0 radical (unpaired) electrons. The highest BCUT2D eigenvalue weighted by Gasteiger charge is 2.28. The fraction of sp³-hybridized carbons (Fsp3) is 0.533.